The Kier molecular flexibility index (Phi) is 2.62. The van der Waals surface area contributed by atoms with Gasteiger partial charge in [0.25, 0.3) is 0 Å². The second kappa shape index (κ2) is 3.55. The first-order valence-electron chi connectivity index (χ1n) is 4.00. The van der Waals surface area contributed by atoms with Crippen LogP contribution in [0.25, 0.3) is 10.4 Å². The molecule has 0 heterocycles. The Hall–Kier alpha value is -1.75. The molecule has 7 heteroatoms. The number of ether oxygens (including phenoxy) is 1. The van der Waals surface area contributed by atoms with Gasteiger partial charge in [0.2, 0.25) is 5.91 Å². The van der Waals surface area contributed by atoms with Crippen molar-refractivity contribution in [1.29, 1.82) is 0 Å². The van der Waals surface area contributed by atoms with Gasteiger partial charge in [0.15, 0.2) is 0 Å². The van der Waals surface area contributed by atoms with Crippen molar-refractivity contribution in [2.75, 3.05) is 7.11 Å². The lowest BCUT2D eigenvalue weighted by atomic mass is 9.68. The highest BCUT2D eigenvalue weighted by Crippen LogP contribution is 2.42. The molecule has 0 bridgehead atoms. The van der Waals surface area contributed by atoms with Crippen LogP contribution in [0.2, 0.25) is 0 Å². The van der Waals surface area contributed by atoms with Crippen LogP contribution in [0.4, 0.5) is 0 Å². The first kappa shape index (κ1) is 10.3. The number of hydrogen-bond donors (Lipinski definition) is 1. The maximum atomic E-state index is 11.2. The third kappa shape index (κ3) is 1.49. The molecule has 0 aliphatic heterocycles. The number of methoxy groups -OCH3 is 1. The van der Waals surface area contributed by atoms with Gasteiger partial charge in [0.1, 0.15) is 5.54 Å². The number of esters is 1. The smallest absolute Gasteiger partial charge is 0.317 e. The van der Waals surface area contributed by atoms with E-state index in [2.05, 4.69) is 14.8 Å². The van der Waals surface area contributed by atoms with Crippen LogP contribution in [-0.4, -0.2) is 24.5 Å². The molecule has 76 valence electrons. The fourth-order valence-electron chi connectivity index (χ4n) is 1.52. The van der Waals surface area contributed by atoms with Crippen molar-refractivity contribution < 1.29 is 14.3 Å². The molecule has 0 atom stereocenters. The first-order valence-corrected chi connectivity index (χ1v) is 4.00. The summed E-state index contributed by atoms with van der Waals surface area (Å²) in [5.41, 5.74) is 12.1. The second-order valence-corrected chi connectivity index (χ2v) is 3.22. The summed E-state index contributed by atoms with van der Waals surface area (Å²) in [4.78, 5) is 24.5. The molecule has 1 aliphatic rings. The topological polar surface area (TPSA) is 118 Å². The molecular weight excluding hydrogens is 188 g/mol. The van der Waals surface area contributed by atoms with Crippen molar-refractivity contribution in [3.8, 4) is 0 Å². The summed E-state index contributed by atoms with van der Waals surface area (Å²) in [7, 11) is 1.20. The molecule has 1 amide bonds. The molecule has 1 aliphatic carbocycles. The van der Waals surface area contributed by atoms with Gasteiger partial charge >= 0.3 is 5.97 Å². The molecule has 1 saturated carbocycles. The Morgan fingerprint density at radius 2 is 2.21 bits per heavy atom. The van der Waals surface area contributed by atoms with Crippen LogP contribution in [0.15, 0.2) is 5.11 Å². The fraction of sp³-hybridized carbons (Fsp3) is 0.714. The van der Waals surface area contributed by atoms with Crippen molar-refractivity contribution in [3.63, 3.8) is 0 Å². The van der Waals surface area contributed by atoms with Crippen molar-refractivity contribution >= 4 is 11.9 Å². The molecule has 1 rings (SSSR count). The van der Waals surface area contributed by atoms with Crippen molar-refractivity contribution in [2.45, 2.75) is 18.4 Å². The average molecular weight is 198 g/mol. The van der Waals surface area contributed by atoms with Gasteiger partial charge in [0, 0.05) is 10.8 Å². The predicted octanol–water partition coefficient (Wildman–Crippen LogP) is 0.104. The summed E-state index contributed by atoms with van der Waals surface area (Å²) in [6.45, 7) is 0. The van der Waals surface area contributed by atoms with Crippen molar-refractivity contribution in [2.24, 2.45) is 16.8 Å². The fourth-order valence-corrected chi connectivity index (χ4v) is 1.52. The van der Waals surface area contributed by atoms with Gasteiger partial charge in [-0.15, -0.1) is 0 Å². The Morgan fingerprint density at radius 3 is 2.57 bits per heavy atom. The minimum Gasteiger partial charge on any atom is -0.468 e. The number of primary amides is 1. The average Bonchev–Trinajstić information content (AvgIpc) is 2.08. The molecule has 0 aromatic rings. The lowest BCUT2D eigenvalue weighted by molar-refractivity contribution is -0.154. The zero-order chi connectivity index (χ0) is 10.8. The van der Waals surface area contributed by atoms with Gasteiger partial charge in [-0.3, -0.25) is 9.59 Å². The van der Waals surface area contributed by atoms with Crippen LogP contribution in [0.5, 0.6) is 0 Å². The molecule has 1 fully saturated rings. The monoisotopic (exact) mass is 198 g/mol. The van der Waals surface area contributed by atoms with E-state index in [1.54, 1.807) is 0 Å². The molecular formula is C7H10N4O3. The van der Waals surface area contributed by atoms with E-state index >= 15 is 0 Å². The van der Waals surface area contributed by atoms with Crippen molar-refractivity contribution in [3.05, 3.63) is 10.4 Å². The molecule has 0 aromatic heterocycles. The number of rotatable bonds is 3. The summed E-state index contributed by atoms with van der Waals surface area (Å²) in [6, 6.07) is 0. The predicted molar refractivity (Wildman–Crippen MR) is 45.8 cm³/mol. The van der Waals surface area contributed by atoms with Gasteiger partial charge in [-0.2, -0.15) is 0 Å². The summed E-state index contributed by atoms with van der Waals surface area (Å²) < 4.78 is 4.48. The van der Waals surface area contributed by atoms with Gasteiger partial charge in [-0.05, 0) is 18.4 Å². The minimum absolute atomic E-state index is 0.138. The largest absolute Gasteiger partial charge is 0.468 e. The maximum absolute atomic E-state index is 11.2. The van der Waals surface area contributed by atoms with Crippen LogP contribution in [-0.2, 0) is 14.3 Å². The Morgan fingerprint density at radius 1 is 1.64 bits per heavy atom. The number of hydrogen-bond acceptors (Lipinski definition) is 4. The zero-order valence-electron chi connectivity index (χ0n) is 7.64. The van der Waals surface area contributed by atoms with E-state index < -0.39 is 23.3 Å². The van der Waals surface area contributed by atoms with Crippen LogP contribution in [0, 0.1) is 5.92 Å². The second-order valence-electron chi connectivity index (χ2n) is 3.22. The van der Waals surface area contributed by atoms with E-state index in [9.17, 15) is 9.59 Å². The third-order valence-corrected chi connectivity index (χ3v) is 2.37. The quantitative estimate of drug-likeness (QED) is 0.300. The Balaban J connectivity index is 2.76. The molecule has 0 unspecified atom stereocenters. The van der Waals surface area contributed by atoms with E-state index in [0.717, 1.165) is 0 Å². The number of nitrogens with two attached hydrogens (primary N) is 1. The number of amides is 1. The summed E-state index contributed by atoms with van der Waals surface area (Å²) in [5, 5.41) is 3.36. The minimum atomic E-state index is -1.22. The van der Waals surface area contributed by atoms with Crippen LogP contribution in [0.3, 0.4) is 0 Å². The zero-order valence-corrected chi connectivity index (χ0v) is 7.64. The third-order valence-electron chi connectivity index (χ3n) is 2.37. The summed E-state index contributed by atoms with van der Waals surface area (Å²) in [6.07, 6.45) is 0.276. The summed E-state index contributed by atoms with van der Waals surface area (Å²) in [5.74, 6) is -1.51. The highest BCUT2D eigenvalue weighted by molar-refractivity contribution is 5.87. The van der Waals surface area contributed by atoms with E-state index in [-0.39, 0.29) is 12.8 Å². The highest BCUT2D eigenvalue weighted by Gasteiger charge is 2.52. The maximum Gasteiger partial charge on any atom is 0.317 e. The van der Waals surface area contributed by atoms with Gasteiger partial charge in [-0.25, -0.2) is 0 Å². The lowest BCUT2D eigenvalue weighted by Crippen LogP contribution is -2.53. The van der Waals surface area contributed by atoms with Crippen molar-refractivity contribution in [1.82, 2.24) is 0 Å². The van der Waals surface area contributed by atoms with Gasteiger partial charge < -0.3 is 10.5 Å². The molecule has 0 saturated heterocycles. The standard InChI is InChI=1S/C7H10N4O3/c1-14-6(13)7(10-11-9)2-4(3-7)5(8)12/h4H,2-3H2,1H3,(H2,8,12). The number of nitrogens with zero attached hydrogens (tertiary/aromatic N) is 3. The highest BCUT2D eigenvalue weighted by atomic mass is 16.5. The molecule has 2 N–H and O–H groups in total. The van der Waals surface area contributed by atoms with E-state index in [4.69, 9.17) is 11.3 Å². The SMILES string of the molecule is COC(=O)C1(N=[N+]=[N-])CC(C(N)=O)C1. The summed E-state index contributed by atoms with van der Waals surface area (Å²) >= 11 is 0. The Labute approximate surface area is 79.8 Å². The molecule has 0 radical (unpaired) electrons. The molecule has 0 spiro atoms. The van der Waals surface area contributed by atoms with Gasteiger partial charge in [-0.1, -0.05) is 5.11 Å². The molecule has 14 heavy (non-hydrogen) atoms. The first-order chi connectivity index (χ1) is 6.55. The molecule has 0 aromatic carbocycles. The van der Waals surface area contributed by atoms with E-state index in [1.165, 1.54) is 7.11 Å². The number of azide groups is 1. The van der Waals surface area contributed by atoms with E-state index in [0.29, 0.717) is 0 Å². The number of carbonyl (C=O) groups is 2. The van der Waals surface area contributed by atoms with Crippen LogP contribution < -0.4 is 5.73 Å². The lowest BCUT2D eigenvalue weighted by Gasteiger charge is -2.39. The normalized spacial score (nSPS) is 29.6. The van der Waals surface area contributed by atoms with Crippen LogP contribution in [0.1, 0.15) is 12.8 Å². The molecule has 7 nitrogen and oxygen atoms in total. The Bertz CT molecular complexity index is 315. The van der Waals surface area contributed by atoms with E-state index in [1.807, 2.05) is 0 Å². The van der Waals surface area contributed by atoms with Crippen LogP contribution >= 0.6 is 0 Å². The van der Waals surface area contributed by atoms with Gasteiger partial charge in [0.05, 0.1) is 7.11 Å². The number of carbonyl (C=O) groups excluding carboxylic acids is 2.